The van der Waals surface area contributed by atoms with Crippen molar-refractivity contribution >= 4 is 35.1 Å². The summed E-state index contributed by atoms with van der Waals surface area (Å²) < 4.78 is 0. The van der Waals surface area contributed by atoms with Crippen molar-refractivity contribution in [3.63, 3.8) is 0 Å². The van der Waals surface area contributed by atoms with Crippen LogP contribution < -0.4 is 0 Å². The first-order chi connectivity index (χ1) is 9.65. The fourth-order valence-corrected chi connectivity index (χ4v) is 4.78. The molecule has 0 aliphatic heterocycles. The second kappa shape index (κ2) is 4.60. The average Bonchev–Trinajstić information content (AvgIpc) is 2.36. The first kappa shape index (κ1) is 15.1. The van der Waals surface area contributed by atoms with E-state index in [1.165, 1.54) is 0 Å². The van der Waals surface area contributed by atoms with Crippen molar-refractivity contribution in [3.05, 3.63) is 39.4 Å². The first-order valence-corrected chi connectivity index (χ1v) is 8.12. The van der Waals surface area contributed by atoms with E-state index in [0.29, 0.717) is 21.9 Å². The van der Waals surface area contributed by atoms with Gasteiger partial charge in [-0.05, 0) is 53.0 Å². The molecule has 1 aromatic rings. The second-order valence-corrected chi connectivity index (χ2v) is 8.32. The summed E-state index contributed by atoms with van der Waals surface area (Å²) >= 11 is 12.2. The number of allylic oxidation sites excluding steroid dienone is 1. The lowest BCUT2D eigenvalue weighted by Gasteiger charge is -2.63. The van der Waals surface area contributed by atoms with Crippen LogP contribution in [0.4, 0.5) is 0 Å². The van der Waals surface area contributed by atoms with E-state index in [1.807, 2.05) is 18.2 Å². The molecule has 0 amide bonds. The molecule has 0 radical (unpaired) electrons. The van der Waals surface area contributed by atoms with Crippen LogP contribution in [0.25, 0.3) is 6.08 Å². The zero-order valence-electron chi connectivity index (χ0n) is 12.8. The third-order valence-corrected chi connectivity index (χ3v) is 6.20. The molecule has 21 heavy (non-hydrogen) atoms. The normalized spacial score (nSPS) is 31.1. The van der Waals surface area contributed by atoms with Gasteiger partial charge in [-0.15, -0.1) is 0 Å². The molecule has 3 fully saturated rings. The first-order valence-electron chi connectivity index (χ1n) is 7.37. The standard InChI is InChI=1S/C18H20Cl2O/c1-17(2)13-9-15(17)18(3,4)16(21)12(13)7-10-5-6-11(19)8-14(10)20/h5-8,13,15H,9H2,1-4H3/b12-7+/t13-,15+/m0/s1. The Morgan fingerprint density at radius 3 is 2.43 bits per heavy atom. The molecule has 0 N–H and O–H groups in total. The van der Waals surface area contributed by atoms with E-state index in [4.69, 9.17) is 23.2 Å². The number of hydrogen-bond acceptors (Lipinski definition) is 1. The van der Waals surface area contributed by atoms with E-state index >= 15 is 0 Å². The number of Topliss-reactive ketones (excluding diaryl/α,β-unsaturated/α-hetero) is 1. The minimum absolute atomic E-state index is 0.183. The summed E-state index contributed by atoms with van der Waals surface area (Å²) in [6.45, 7) is 8.71. The Balaban J connectivity index is 2.08. The van der Waals surface area contributed by atoms with Gasteiger partial charge in [0.1, 0.15) is 0 Å². The minimum Gasteiger partial charge on any atom is -0.294 e. The Bertz CT molecular complexity index is 655. The van der Waals surface area contributed by atoms with Gasteiger partial charge in [-0.25, -0.2) is 0 Å². The number of fused-ring (bicyclic) bond motifs is 2. The third kappa shape index (κ3) is 2.09. The molecule has 3 aliphatic rings. The highest BCUT2D eigenvalue weighted by atomic mass is 35.5. The van der Waals surface area contributed by atoms with Crippen LogP contribution in [0.1, 0.15) is 39.7 Å². The van der Waals surface area contributed by atoms with Crippen molar-refractivity contribution in [1.29, 1.82) is 0 Å². The van der Waals surface area contributed by atoms with Gasteiger partial charge in [0.2, 0.25) is 0 Å². The Hall–Kier alpha value is -0.790. The molecular weight excluding hydrogens is 303 g/mol. The summed E-state index contributed by atoms with van der Waals surface area (Å²) in [6.07, 6.45) is 3.08. The quantitative estimate of drug-likeness (QED) is 0.611. The smallest absolute Gasteiger partial charge is 0.165 e. The lowest BCUT2D eigenvalue weighted by molar-refractivity contribution is -0.155. The lowest BCUT2D eigenvalue weighted by Crippen LogP contribution is -2.61. The van der Waals surface area contributed by atoms with Gasteiger partial charge in [0, 0.05) is 15.5 Å². The van der Waals surface area contributed by atoms with Gasteiger partial charge in [-0.3, -0.25) is 4.79 Å². The summed E-state index contributed by atoms with van der Waals surface area (Å²) in [7, 11) is 0. The summed E-state index contributed by atoms with van der Waals surface area (Å²) in [5.41, 5.74) is 1.70. The molecule has 2 atom stereocenters. The minimum atomic E-state index is -0.289. The van der Waals surface area contributed by atoms with Crippen LogP contribution in [0, 0.1) is 22.7 Å². The highest BCUT2D eigenvalue weighted by Gasteiger charge is 2.63. The van der Waals surface area contributed by atoms with Crippen molar-refractivity contribution in [3.8, 4) is 0 Å². The average molecular weight is 323 g/mol. The van der Waals surface area contributed by atoms with Crippen LogP contribution in [-0.4, -0.2) is 5.78 Å². The summed E-state index contributed by atoms with van der Waals surface area (Å²) in [4.78, 5) is 12.8. The number of carbonyl (C=O) groups is 1. The maximum absolute atomic E-state index is 12.8. The van der Waals surface area contributed by atoms with Gasteiger partial charge in [0.15, 0.2) is 5.78 Å². The van der Waals surface area contributed by atoms with E-state index in [0.717, 1.165) is 17.6 Å². The zero-order chi connectivity index (χ0) is 15.6. The summed E-state index contributed by atoms with van der Waals surface area (Å²) in [5, 5.41) is 1.21. The Labute approximate surface area is 136 Å². The summed E-state index contributed by atoms with van der Waals surface area (Å²) in [6, 6.07) is 5.42. The van der Waals surface area contributed by atoms with Gasteiger partial charge >= 0.3 is 0 Å². The molecule has 0 spiro atoms. The molecule has 0 unspecified atom stereocenters. The Morgan fingerprint density at radius 2 is 1.86 bits per heavy atom. The highest BCUT2D eigenvalue weighted by molar-refractivity contribution is 6.35. The van der Waals surface area contributed by atoms with E-state index in [1.54, 1.807) is 6.07 Å². The molecule has 3 saturated carbocycles. The van der Waals surface area contributed by atoms with Crippen molar-refractivity contribution in [2.75, 3.05) is 0 Å². The molecular formula is C18H20Cl2O. The monoisotopic (exact) mass is 322 g/mol. The molecule has 3 heteroatoms. The molecule has 0 aromatic heterocycles. The predicted molar refractivity (Wildman–Crippen MR) is 88.6 cm³/mol. The van der Waals surface area contributed by atoms with Crippen LogP contribution in [0.15, 0.2) is 23.8 Å². The molecule has 112 valence electrons. The summed E-state index contributed by atoms with van der Waals surface area (Å²) in [5.74, 6) is 1.09. The molecule has 1 nitrogen and oxygen atoms in total. The van der Waals surface area contributed by atoms with Crippen molar-refractivity contribution < 1.29 is 4.79 Å². The Morgan fingerprint density at radius 1 is 1.19 bits per heavy atom. The number of ketones is 1. The second-order valence-electron chi connectivity index (χ2n) is 7.48. The highest BCUT2D eigenvalue weighted by Crippen LogP contribution is 2.66. The van der Waals surface area contributed by atoms with Crippen molar-refractivity contribution in [1.82, 2.24) is 0 Å². The maximum Gasteiger partial charge on any atom is 0.165 e. The lowest BCUT2D eigenvalue weighted by atomic mass is 9.40. The van der Waals surface area contributed by atoms with Gasteiger partial charge in [0.05, 0.1) is 0 Å². The largest absolute Gasteiger partial charge is 0.294 e. The maximum atomic E-state index is 12.8. The fourth-order valence-electron chi connectivity index (χ4n) is 4.32. The number of carbonyl (C=O) groups excluding carboxylic acids is 1. The molecule has 4 rings (SSSR count). The number of halogens is 2. The van der Waals surface area contributed by atoms with Crippen LogP contribution in [-0.2, 0) is 4.79 Å². The van der Waals surface area contributed by atoms with Crippen molar-refractivity contribution in [2.45, 2.75) is 34.1 Å². The third-order valence-electron chi connectivity index (χ3n) is 5.64. The number of benzene rings is 1. The molecule has 3 aliphatic carbocycles. The van der Waals surface area contributed by atoms with Gasteiger partial charge in [-0.2, -0.15) is 0 Å². The van der Waals surface area contributed by atoms with Crippen molar-refractivity contribution in [2.24, 2.45) is 22.7 Å². The van der Waals surface area contributed by atoms with Crippen LogP contribution in [0.5, 0.6) is 0 Å². The fraction of sp³-hybridized carbons (Fsp3) is 0.500. The van der Waals surface area contributed by atoms with Gasteiger partial charge in [0.25, 0.3) is 0 Å². The van der Waals surface area contributed by atoms with E-state index < -0.39 is 0 Å². The number of hydrogen-bond donors (Lipinski definition) is 0. The van der Waals surface area contributed by atoms with Crippen LogP contribution in [0.3, 0.4) is 0 Å². The molecule has 0 saturated heterocycles. The molecule has 2 bridgehead atoms. The predicted octanol–water partition coefficient (Wildman–Crippen LogP) is 5.65. The Kier molecular flexibility index (Phi) is 3.31. The van der Waals surface area contributed by atoms with Gasteiger partial charge in [-0.1, -0.05) is 57.0 Å². The van der Waals surface area contributed by atoms with Crippen LogP contribution in [0.2, 0.25) is 10.0 Å². The van der Waals surface area contributed by atoms with E-state index in [2.05, 4.69) is 27.7 Å². The van der Waals surface area contributed by atoms with Gasteiger partial charge < -0.3 is 0 Å². The topological polar surface area (TPSA) is 17.1 Å². The van der Waals surface area contributed by atoms with Crippen LogP contribution >= 0.6 is 23.2 Å². The number of rotatable bonds is 1. The zero-order valence-corrected chi connectivity index (χ0v) is 14.3. The molecule has 1 aromatic carbocycles. The SMILES string of the molecule is CC1(C)C(=O)/C(=C/c2ccc(Cl)cc2Cl)[C@@H]2C[C@@H]1C2(C)C. The van der Waals surface area contributed by atoms with E-state index in [9.17, 15) is 4.79 Å². The molecule has 0 heterocycles. The van der Waals surface area contributed by atoms with E-state index in [-0.39, 0.29) is 16.6 Å².